The summed E-state index contributed by atoms with van der Waals surface area (Å²) in [5.74, 6) is 0.266. The Labute approximate surface area is 96.2 Å². The molecule has 0 aliphatic carbocycles. The second-order valence-electron chi connectivity index (χ2n) is 4.45. The molecule has 16 heavy (non-hydrogen) atoms. The summed E-state index contributed by atoms with van der Waals surface area (Å²) in [4.78, 5) is 14.0. The third kappa shape index (κ3) is 2.62. The van der Waals surface area contributed by atoms with E-state index in [4.69, 9.17) is 0 Å². The van der Waals surface area contributed by atoms with Crippen LogP contribution in [0.15, 0.2) is 18.5 Å². The highest BCUT2D eigenvalue weighted by atomic mass is 16.2. The summed E-state index contributed by atoms with van der Waals surface area (Å²) in [6, 6.07) is 2.30. The van der Waals surface area contributed by atoms with Crippen molar-refractivity contribution in [3.63, 3.8) is 0 Å². The minimum absolute atomic E-state index is 0.266. The molecule has 0 bridgehead atoms. The third-order valence-corrected chi connectivity index (χ3v) is 3.24. The van der Waals surface area contributed by atoms with Crippen LogP contribution in [0.2, 0.25) is 0 Å². The summed E-state index contributed by atoms with van der Waals surface area (Å²) in [5.41, 5.74) is 0. The van der Waals surface area contributed by atoms with Crippen LogP contribution in [-0.4, -0.2) is 33.2 Å². The monoisotopic (exact) mass is 221 g/mol. The van der Waals surface area contributed by atoms with Crippen molar-refractivity contribution in [1.82, 2.24) is 14.7 Å². The highest BCUT2D eigenvalue weighted by molar-refractivity contribution is 5.76. The highest BCUT2D eigenvalue weighted by Crippen LogP contribution is 2.17. The van der Waals surface area contributed by atoms with E-state index in [9.17, 15) is 4.79 Å². The van der Waals surface area contributed by atoms with Crippen molar-refractivity contribution in [3.8, 4) is 0 Å². The standard InChI is InChI=1S/C12H19N3O/c1-11-5-2-3-9-15(11)12(16)6-10-14-8-4-7-13-14/h4,7-8,11H,2-3,5-6,9-10H2,1H3/t11-/m1/s1. The molecule has 1 aromatic rings. The van der Waals surface area contributed by atoms with Gasteiger partial charge in [-0.25, -0.2) is 0 Å². The normalized spacial score (nSPS) is 21.1. The smallest absolute Gasteiger partial charge is 0.224 e. The Morgan fingerprint density at radius 1 is 1.50 bits per heavy atom. The van der Waals surface area contributed by atoms with Gasteiger partial charge in [0.15, 0.2) is 0 Å². The number of aromatic nitrogens is 2. The van der Waals surface area contributed by atoms with Gasteiger partial charge in [-0.05, 0) is 32.3 Å². The maximum Gasteiger partial charge on any atom is 0.224 e. The molecule has 0 saturated carbocycles. The molecule has 4 nitrogen and oxygen atoms in total. The van der Waals surface area contributed by atoms with Gasteiger partial charge in [0, 0.05) is 37.9 Å². The Balaban J connectivity index is 1.83. The van der Waals surface area contributed by atoms with E-state index in [2.05, 4.69) is 12.0 Å². The Morgan fingerprint density at radius 2 is 2.38 bits per heavy atom. The highest BCUT2D eigenvalue weighted by Gasteiger charge is 2.22. The summed E-state index contributed by atoms with van der Waals surface area (Å²) in [5, 5.41) is 4.10. The molecular weight excluding hydrogens is 202 g/mol. The van der Waals surface area contributed by atoms with Crippen LogP contribution in [0.1, 0.15) is 32.6 Å². The van der Waals surface area contributed by atoms with Crippen LogP contribution >= 0.6 is 0 Å². The quantitative estimate of drug-likeness (QED) is 0.778. The first-order valence-corrected chi connectivity index (χ1v) is 6.04. The van der Waals surface area contributed by atoms with Crippen molar-refractivity contribution < 1.29 is 4.79 Å². The fraction of sp³-hybridized carbons (Fsp3) is 0.667. The summed E-state index contributed by atoms with van der Waals surface area (Å²) in [6.07, 6.45) is 7.75. The Kier molecular flexibility index (Phi) is 3.59. The molecule has 0 N–H and O–H groups in total. The molecule has 0 spiro atoms. The van der Waals surface area contributed by atoms with E-state index in [1.807, 2.05) is 21.8 Å². The number of amides is 1. The summed E-state index contributed by atoms with van der Waals surface area (Å²) in [7, 11) is 0. The van der Waals surface area contributed by atoms with Gasteiger partial charge >= 0.3 is 0 Å². The zero-order valence-corrected chi connectivity index (χ0v) is 9.80. The first kappa shape index (κ1) is 11.2. The van der Waals surface area contributed by atoms with E-state index in [1.165, 1.54) is 6.42 Å². The molecule has 1 atom stereocenters. The average molecular weight is 221 g/mol. The maximum atomic E-state index is 12.0. The van der Waals surface area contributed by atoms with E-state index in [0.717, 1.165) is 19.4 Å². The van der Waals surface area contributed by atoms with Gasteiger partial charge in [0.05, 0.1) is 0 Å². The molecule has 1 saturated heterocycles. The van der Waals surface area contributed by atoms with Crippen LogP contribution in [0.4, 0.5) is 0 Å². The molecule has 0 radical (unpaired) electrons. The van der Waals surface area contributed by atoms with Crippen LogP contribution in [0.25, 0.3) is 0 Å². The van der Waals surface area contributed by atoms with E-state index >= 15 is 0 Å². The summed E-state index contributed by atoms with van der Waals surface area (Å²) >= 11 is 0. The number of rotatable bonds is 3. The topological polar surface area (TPSA) is 38.1 Å². The molecule has 0 unspecified atom stereocenters. The number of aryl methyl sites for hydroxylation is 1. The van der Waals surface area contributed by atoms with Gasteiger partial charge in [0.2, 0.25) is 5.91 Å². The fourth-order valence-electron chi connectivity index (χ4n) is 2.26. The number of likely N-dealkylation sites (tertiary alicyclic amines) is 1. The Morgan fingerprint density at radius 3 is 3.06 bits per heavy atom. The zero-order chi connectivity index (χ0) is 11.4. The number of piperidine rings is 1. The second-order valence-corrected chi connectivity index (χ2v) is 4.45. The lowest BCUT2D eigenvalue weighted by atomic mass is 10.0. The van der Waals surface area contributed by atoms with Gasteiger partial charge < -0.3 is 4.90 Å². The number of hydrogen-bond donors (Lipinski definition) is 0. The van der Waals surface area contributed by atoms with E-state index in [1.54, 1.807) is 6.20 Å². The van der Waals surface area contributed by atoms with Gasteiger partial charge in [-0.15, -0.1) is 0 Å². The molecule has 0 aromatic carbocycles. The van der Waals surface area contributed by atoms with Gasteiger partial charge in [0.25, 0.3) is 0 Å². The molecule has 1 amide bonds. The van der Waals surface area contributed by atoms with E-state index < -0.39 is 0 Å². The van der Waals surface area contributed by atoms with Crippen molar-refractivity contribution in [2.45, 2.75) is 45.2 Å². The lowest BCUT2D eigenvalue weighted by Crippen LogP contribution is -2.42. The van der Waals surface area contributed by atoms with Gasteiger partial charge in [-0.2, -0.15) is 5.10 Å². The van der Waals surface area contributed by atoms with Crippen LogP contribution in [0, 0.1) is 0 Å². The van der Waals surface area contributed by atoms with Crippen molar-refractivity contribution >= 4 is 5.91 Å². The molecule has 88 valence electrons. The number of nitrogens with zero attached hydrogens (tertiary/aromatic N) is 3. The predicted octanol–water partition coefficient (Wildman–Crippen LogP) is 1.67. The Hall–Kier alpha value is -1.32. The van der Waals surface area contributed by atoms with Crippen LogP contribution in [0.5, 0.6) is 0 Å². The van der Waals surface area contributed by atoms with Crippen molar-refractivity contribution in [3.05, 3.63) is 18.5 Å². The van der Waals surface area contributed by atoms with Crippen LogP contribution in [0.3, 0.4) is 0 Å². The SMILES string of the molecule is C[C@@H]1CCCCN1C(=O)CCn1cccn1. The number of hydrogen-bond acceptors (Lipinski definition) is 2. The maximum absolute atomic E-state index is 12.0. The minimum atomic E-state index is 0.266. The van der Waals surface area contributed by atoms with Crippen molar-refractivity contribution in [2.24, 2.45) is 0 Å². The van der Waals surface area contributed by atoms with Crippen molar-refractivity contribution in [2.75, 3.05) is 6.54 Å². The number of carbonyl (C=O) groups excluding carboxylic acids is 1. The molecule has 1 aliphatic heterocycles. The van der Waals surface area contributed by atoms with E-state index in [0.29, 0.717) is 19.0 Å². The first-order valence-electron chi connectivity index (χ1n) is 6.04. The molecular formula is C12H19N3O. The molecule has 1 fully saturated rings. The zero-order valence-electron chi connectivity index (χ0n) is 9.80. The molecule has 1 aliphatic rings. The van der Waals surface area contributed by atoms with Crippen molar-refractivity contribution in [1.29, 1.82) is 0 Å². The first-order chi connectivity index (χ1) is 7.77. The summed E-state index contributed by atoms with van der Waals surface area (Å²) in [6.45, 7) is 3.76. The minimum Gasteiger partial charge on any atom is -0.340 e. The second kappa shape index (κ2) is 5.14. The molecule has 2 heterocycles. The van der Waals surface area contributed by atoms with Gasteiger partial charge in [-0.3, -0.25) is 9.48 Å². The number of carbonyl (C=O) groups is 1. The average Bonchev–Trinajstić information content (AvgIpc) is 2.79. The van der Waals surface area contributed by atoms with Crippen LogP contribution < -0.4 is 0 Å². The fourth-order valence-corrected chi connectivity index (χ4v) is 2.26. The van der Waals surface area contributed by atoms with Crippen LogP contribution in [-0.2, 0) is 11.3 Å². The Bertz CT molecular complexity index is 334. The lowest BCUT2D eigenvalue weighted by Gasteiger charge is -2.33. The lowest BCUT2D eigenvalue weighted by molar-refractivity contribution is -0.134. The van der Waals surface area contributed by atoms with E-state index in [-0.39, 0.29) is 5.91 Å². The molecule has 1 aromatic heterocycles. The molecule has 2 rings (SSSR count). The molecule has 4 heteroatoms. The largest absolute Gasteiger partial charge is 0.340 e. The van der Waals surface area contributed by atoms with Gasteiger partial charge in [-0.1, -0.05) is 0 Å². The summed E-state index contributed by atoms with van der Waals surface area (Å²) < 4.78 is 1.81. The van der Waals surface area contributed by atoms with Gasteiger partial charge in [0.1, 0.15) is 0 Å². The third-order valence-electron chi connectivity index (χ3n) is 3.24. The predicted molar refractivity (Wildman–Crippen MR) is 61.9 cm³/mol.